The number of hydrogen-bond acceptors (Lipinski definition) is 2. The average molecular weight is 403 g/mol. The van der Waals surface area contributed by atoms with Crippen molar-refractivity contribution < 1.29 is 4.79 Å². The fourth-order valence-electron chi connectivity index (χ4n) is 3.64. The molecule has 0 aliphatic heterocycles. The van der Waals surface area contributed by atoms with Crippen LogP contribution in [0.15, 0.2) is 103 Å². The molecule has 0 aliphatic carbocycles. The molecule has 150 valence electrons. The van der Waals surface area contributed by atoms with Gasteiger partial charge in [-0.05, 0) is 54.1 Å². The Balaban J connectivity index is 1.58. The van der Waals surface area contributed by atoms with E-state index < -0.39 is 0 Å². The van der Waals surface area contributed by atoms with Gasteiger partial charge in [0.05, 0.1) is 11.4 Å². The van der Waals surface area contributed by atoms with E-state index in [4.69, 9.17) is 0 Å². The zero-order valence-corrected chi connectivity index (χ0v) is 17.1. The van der Waals surface area contributed by atoms with Crippen molar-refractivity contribution in [3.8, 4) is 16.9 Å². The number of para-hydroxylation sites is 1. The van der Waals surface area contributed by atoms with Crippen molar-refractivity contribution in [3.63, 3.8) is 0 Å². The Morgan fingerprint density at radius 3 is 2.26 bits per heavy atom. The number of anilines is 1. The number of amides is 1. The highest BCUT2D eigenvalue weighted by Gasteiger charge is 2.17. The molecule has 0 atom stereocenters. The number of benzene rings is 4. The van der Waals surface area contributed by atoms with E-state index in [0.717, 1.165) is 33.6 Å². The van der Waals surface area contributed by atoms with E-state index in [0.29, 0.717) is 5.69 Å². The number of fused-ring (bicyclic) bond motifs is 1. The molecule has 31 heavy (non-hydrogen) atoms. The van der Waals surface area contributed by atoms with Crippen molar-refractivity contribution >= 4 is 22.4 Å². The summed E-state index contributed by atoms with van der Waals surface area (Å²) in [4.78, 5) is 13.0. The van der Waals surface area contributed by atoms with Gasteiger partial charge in [0.25, 0.3) is 5.91 Å². The number of rotatable bonds is 4. The molecular formula is C27H21N3O. The summed E-state index contributed by atoms with van der Waals surface area (Å²) in [7, 11) is 0. The van der Waals surface area contributed by atoms with Crippen LogP contribution in [0.2, 0.25) is 0 Å². The minimum atomic E-state index is -0.236. The summed E-state index contributed by atoms with van der Waals surface area (Å²) in [6.07, 6.45) is 0. The molecule has 0 bridgehead atoms. The normalized spacial score (nSPS) is 10.9. The first-order valence-corrected chi connectivity index (χ1v) is 10.2. The molecule has 0 saturated heterocycles. The van der Waals surface area contributed by atoms with E-state index in [-0.39, 0.29) is 5.91 Å². The third-order valence-electron chi connectivity index (χ3n) is 5.30. The molecule has 0 saturated carbocycles. The minimum Gasteiger partial charge on any atom is -0.321 e. The Morgan fingerprint density at radius 2 is 1.48 bits per heavy atom. The first kappa shape index (κ1) is 18.8. The number of nitrogens with one attached hydrogen (secondary N) is 1. The van der Waals surface area contributed by atoms with Gasteiger partial charge in [-0.1, -0.05) is 72.3 Å². The lowest BCUT2D eigenvalue weighted by atomic mass is 10.0. The Kier molecular flexibility index (Phi) is 4.81. The second-order valence-corrected chi connectivity index (χ2v) is 7.54. The smallest absolute Gasteiger partial charge is 0.276 e. The van der Waals surface area contributed by atoms with Gasteiger partial charge in [-0.2, -0.15) is 5.10 Å². The predicted octanol–water partition coefficient (Wildman–Crippen LogP) is 6.25. The van der Waals surface area contributed by atoms with Gasteiger partial charge in [0, 0.05) is 11.3 Å². The average Bonchev–Trinajstić information content (AvgIpc) is 3.27. The van der Waals surface area contributed by atoms with Gasteiger partial charge < -0.3 is 5.32 Å². The van der Waals surface area contributed by atoms with Gasteiger partial charge in [0.15, 0.2) is 5.69 Å². The van der Waals surface area contributed by atoms with Gasteiger partial charge in [-0.15, -0.1) is 0 Å². The fourth-order valence-corrected chi connectivity index (χ4v) is 3.64. The molecule has 4 nitrogen and oxygen atoms in total. The lowest BCUT2D eigenvalue weighted by molar-refractivity contribution is 0.102. The van der Waals surface area contributed by atoms with Crippen molar-refractivity contribution in [2.75, 3.05) is 5.32 Å². The van der Waals surface area contributed by atoms with Crippen LogP contribution in [0.3, 0.4) is 0 Å². The number of hydrogen-bond donors (Lipinski definition) is 1. The summed E-state index contributed by atoms with van der Waals surface area (Å²) in [6, 6.07) is 34.0. The quantitative estimate of drug-likeness (QED) is 0.385. The Bertz CT molecular complexity index is 1370. The monoisotopic (exact) mass is 403 g/mol. The fraction of sp³-hybridized carbons (Fsp3) is 0.0370. The largest absolute Gasteiger partial charge is 0.321 e. The van der Waals surface area contributed by atoms with Crippen LogP contribution in [-0.2, 0) is 0 Å². The number of carbonyl (C=O) groups is 1. The molecular weight excluding hydrogens is 382 g/mol. The van der Waals surface area contributed by atoms with Crippen LogP contribution in [-0.4, -0.2) is 15.7 Å². The molecule has 1 amide bonds. The molecule has 0 unspecified atom stereocenters. The molecule has 1 aromatic heterocycles. The van der Waals surface area contributed by atoms with Crippen LogP contribution >= 0.6 is 0 Å². The van der Waals surface area contributed by atoms with Crippen molar-refractivity contribution in [2.45, 2.75) is 6.92 Å². The topological polar surface area (TPSA) is 46.9 Å². The summed E-state index contributed by atoms with van der Waals surface area (Å²) < 4.78 is 1.83. The highest BCUT2D eigenvalue weighted by Crippen LogP contribution is 2.28. The number of aromatic nitrogens is 2. The maximum atomic E-state index is 13.0. The maximum absolute atomic E-state index is 13.0. The van der Waals surface area contributed by atoms with Crippen LogP contribution in [0, 0.1) is 6.92 Å². The molecule has 0 radical (unpaired) electrons. The lowest BCUT2D eigenvalue weighted by Gasteiger charge is -2.08. The highest BCUT2D eigenvalue weighted by molar-refractivity contribution is 6.03. The lowest BCUT2D eigenvalue weighted by Crippen LogP contribution is -2.13. The van der Waals surface area contributed by atoms with E-state index in [9.17, 15) is 4.79 Å². The van der Waals surface area contributed by atoms with Crippen molar-refractivity contribution in [1.82, 2.24) is 9.78 Å². The number of carbonyl (C=O) groups excluding carboxylic acids is 1. The minimum absolute atomic E-state index is 0.236. The number of aryl methyl sites for hydroxylation is 1. The van der Waals surface area contributed by atoms with E-state index in [2.05, 4.69) is 40.7 Å². The molecule has 4 heteroatoms. The zero-order chi connectivity index (χ0) is 21.2. The standard InChI is InChI=1S/C27H21N3O/c1-19-11-15-23(16-12-19)28-27(31)25-18-26(30(29-25)24-9-3-2-4-10-24)22-14-13-20-7-5-6-8-21(20)17-22/h2-18H,1H3,(H,28,31). The maximum Gasteiger partial charge on any atom is 0.276 e. The van der Waals surface area contributed by atoms with Gasteiger partial charge in [0.1, 0.15) is 0 Å². The van der Waals surface area contributed by atoms with Crippen molar-refractivity contribution in [1.29, 1.82) is 0 Å². The Hall–Kier alpha value is -4.18. The summed E-state index contributed by atoms with van der Waals surface area (Å²) in [5.41, 5.74) is 5.03. The highest BCUT2D eigenvalue weighted by atomic mass is 16.1. The van der Waals surface area contributed by atoms with Gasteiger partial charge >= 0.3 is 0 Å². The molecule has 0 aliphatic rings. The van der Waals surface area contributed by atoms with Gasteiger partial charge in [-0.25, -0.2) is 4.68 Å². The number of nitrogens with zero attached hydrogens (tertiary/aromatic N) is 2. The molecule has 4 aromatic carbocycles. The Labute approximate surface area is 180 Å². The van der Waals surface area contributed by atoms with E-state index >= 15 is 0 Å². The molecule has 1 heterocycles. The van der Waals surface area contributed by atoms with Crippen LogP contribution in [0.1, 0.15) is 16.1 Å². The second kappa shape index (κ2) is 7.92. The summed E-state index contributed by atoms with van der Waals surface area (Å²) in [6.45, 7) is 2.02. The predicted molar refractivity (Wildman–Crippen MR) is 126 cm³/mol. The summed E-state index contributed by atoms with van der Waals surface area (Å²) >= 11 is 0. The van der Waals surface area contributed by atoms with Crippen molar-refractivity contribution in [2.24, 2.45) is 0 Å². The van der Waals surface area contributed by atoms with Gasteiger partial charge in [-0.3, -0.25) is 4.79 Å². The van der Waals surface area contributed by atoms with Crippen LogP contribution in [0.4, 0.5) is 5.69 Å². The van der Waals surface area contributed by atoms with E-state index in [1.54, 1.807) is 0 Å². The van der Waals surface area contributed by atoms with Crippen LogP contribution in [0.5, 0.6) is 0 Å². The molecule has 0 spiro atoms. The Morgan fingerprint density at radius 1 is 0.774 bits per heavy atom. The van der Waals surface area contributed by atoms with Gasteiger partial charge in [0.2, 0.25) is 0 Å². The first-order valence-electron chi connectivity index (χ1n) is 10.2. The molecule has 5 rings (SSSR count). The third kappa shape index (κ3) is 3.83. The zero-order valence-electron chi connectivity index (χ0n) is 17.1. The van der Waals surface area contributed by atoms with E-state index in [1.807, 2.05) is 84.4 Å². The molecule has 0 fully saturated rings. The SMILES string of the molecule is Cc1ccc(NC(=O)c2cc(-c3ccc4ccccc4c3)n(-c3ccccc3)n2)cc1. The van der Waals surface area contributed by atoms with Crippen LogP contribution < -0.4 is 5.32 Å². The van der Waals surface area contributed by atoms with E-state index in [1.165, 1.54) is 5.39 Å². The molecule has 5 aromatic rings. The summed E-state index contributed by atoms with van der Waals surface area (Å²) in [5.74, 6) is -0.236. The first-order chi connectivity index (χ1) is 15.2. The molecule has 1 N–H and O–H groups in total. The van der Waals surface area contributed by atoms with Crippen molar-refractivity contribution in [3.05, 3.63) is 114 Å². The second-order valence-electron chi connectivity index (χ2n) is 7.54. The third-order valence-corrected chi connectivity index (χ3v) is 5.30. The van der Waals surface area contributed by atoms with Crippen LogP contribution in [0.25, 0.3) is 27.7 Å². The summed E-state index contributed by atoms with van der Waals surface area (Å²) in [5, 5.41) is 9.92.